The number of carboxylic acid groups (broad SMARTS) is 1. The second-order valence-electron chi connectivity index (χ2n) is 14.8. The largest absolute Gasteiger partial charge is 0.480 e. The SMILES string of the molecule is CCCCCCCCCCCCCCCCCC(=O)OCC(COP(=O)(O)OCC(N)C(=O)O)OC(=O)CCC/C=C\C/C=C\C/C=C\C/C=C\CC1OC1CC. The predicted octanol–water partition coefficient (Wildman–Crippen LogP) is 10.4. The van der Waals surface area contributed by atoms with Crippen molar-refractivity contribution in [2.24, 2.45) is 5.73 Å². The minimum absolute atomic E-state index is 0.0800. The monoisotopic (exact) mass is 826 g/mol. The Morgan fingerprint density at radius 2 is 1.14 bits per heavy atom. The van der Waals surface area contributed by atoms with E-state index in [1.807, 2.05) is 12.2 Å². The molecule has 1 saturated heterocycles. The highest BCUT2D eigenvalue weighted by atomic mass is 31.2. The summed E-state index contributed by atoms with van der Waals surface area (Å²) in [6.07, 6.45) is 40.9. The highest BCUT2D eigenvalue weighted by Crippen LogP contribution is 2.43. The van der Waals surface area contributed by atoms with E-state index >= 15 is 0 Å². The Morgan fingerprint density at radius 1 is 0.649 bits per heavy atom. The van der Waals surface area contributed by atoms with Gasteiger partial charge in [0.1, 0.15) is 12.6 Å². The van der Waals surface area contributed by atoms with Crippen LogP contribution >= 0.6 is 7.82 Å². The van der Waals surface area contributed by atoms with Crippen LogP contribution in [0.3, 0.4) is 0 Å². The predicted molar refractivity (Wildman–Crippen MR) is 226 cm³/mol. The molecular weight excluding hydrogens is 749 g/mol. The van der Waals surface area contributed by atoms with Gasteiger partial charge in [-0.3, -0.25) is 23.4 Å². The highest BCUT2D eigenvalue weighted by Gasteiger charge is 2.35. The van der Waals surface area contributed by atoms with Crippen molar-refractivity contribution in [2.75, 3.05) is 19.8 Å². The maximum absolute atomic E-state index is 12.6. The summed E-state index contributed by atoms with van der Waals surface area (Å²) < 4.78 is 38.2. The number of hydrogen-bond donors (Lipinski definition) is 3. The van der Waals surface area contributed by atoms with Gasteiger partial charge in [-0.2, -0.15) is 0 Å². The van der Waals surface area contributed by atoms with Crippen LogP contribution in [0.4, 0.5) is 0 Å². The third-order valence-corrected chi connectivity index (χ3v) is 10.5. The lowest BCUT2D eigenvalue weighted by Gasteiger charge is -2.20. The van der Waals surface area contributed by atoms with Crippen molar-refractivity contribution in [1.82, 2.24) is 0 Å². The van der Waals surface area contributed by atoms with Crippen molar-refractivity contribution < 1.29 is 52.2 Å². The van der Waals surface area contributed by atoms with Crippen LogP contribution in [0.15, 0.2) is 48.6 Å². The van der Waals surface area contributed by atoms with Crippen LogP contribution in [0, 0.1) is 0 Å². The molecule has 0 aliphatic carbocycles. The van der Waals surface area contributed by atoms with E-state index in [1.54, 1.807) is 0 Å². The summed E-state index contributed by atoms with van der Waals surface area (Å²) in [5, 5.41) is 8.89. The zero-order valence-corrected chi connectivity index (χ0v) is 36.0. The molecule has 5 atom stereocenters. The minimum Gasteiger partial charge on any atom is -0.480 e. The normalized spacial score (nSPS) is 17.8. The molecule has 0 amide bonds. The number of carboxylic acids is 1. The Kier molecular flexibility index (Phi) is 32.5. The lowest BCUT2D eigenvalue weighted by Crippen LogP contribution is -2.34. The first-order chi connectivity index (χ1) is 27.6. The molecule has 328 valence electrons. The number of unbranched alkanes of at least 4 members (excludes halogenated alkanes) is 15. The first-order valence-electron chi connectivity index (χ1n) is 21.8. The Labute approximate surface area is 343 Å². The molecule has 1 fully saturated rings. The van der Waals surface area contributed by atoms with Gasteiger partial charge in [-0.15, -0.1) is 0 Å². The summed E-state index contributed by atoms with van der Waals surface area (Å²) in [7, 11) is -4.73. The lowest BCUT2D eigenvalue weighted by atomic mass is 10.0. The first kappa shape index (κ1) is 52.4. The van der Waals surface area contributed by atoms with E-state index in [1.165, 1.54) is 70.6 Å². The summed E-state index contributed by atoms with van der Waals surface area (Å²) in [5.74, 6) is -2.46. The number of hydrogen-bond acceptors (Lipinski definition) is 10. The summed E-state index contributed by atoms with van der Waals surface area (Å²) in [5.41, 5.74) is 5.33. The zero-order chi connectivity index (χ0) is 41.8. The number of carbonyl (C=O) groups excluding carboxylic acids is 2. The Balaban J connectivity index is 2.31. The van der Waals surface area contributed by atoms with Gasteiger partial charge in [-0.05, 0) is 51.4 Å². The molecule has 1 aliphatic rings. The zero-order valence-electron chi connectivity index (χ0n) is 35.1. The Bertz CT molecular complexity index is 1220. The molecule has 0 bridgehead atoms. The third kappa shape index (κ3) is 33.0. The fraction of sp³-hybridized carbons (Fsp3) is 0.750. The van der Waals surface area contributed by atoms with E-state index in [2.05, 4.69) is 54.8 Å². The molecular formula is C44H76NO11P. The molecule has 12 nitrogen and oxygen atoms in total. The second kappa shape index (κ2) is 35.4. The fourth-order valence-corrected chi connectivity index (χ4v) is 6.77. The summed E-state index contributed by atoms with van der Waals surface area (Å²) in [6.45, 7) is 2.65. The first-order valence-corrected chi connectivity index (χ1v) is 23.3. The molecule has 0 aromatic heterocycles. The number of carbonyl (C=O) groups is 3. The van der Waals surface area contributed by atoms with Crippen LogP contribution < -0.4 is 5.73 Å². The molecule has 4 N–H and O–H groups in total. The molecule has 0 aromatic carbocycles. The molecule has 0 spiro atoms. The van der Waals surface area contributed by atoms with Crippen LogP contribution in [0.1, 0.15) is 168 Å². The summed E-state index contributed by atoms with van der Waals surface area (Å²) >= 11 is 0. The van der Waals surface area contributed by atoms with Crippen molar-refractivity contribution in [3.63, 3.8) is 0 Å². The number of rotatable bonds is 39. The Morgan fingerprint density at radius 3 is 1.67 bits per heavy atom. The van der Waals surface area contributed by atoms with Gasteiger partial charge in [0.05, 0.1) is 25.4 Å². The number of nitrogens with two attached hydrogens (primary N) is 1. The van der Waals surface area contributed by atoms with Crippen molar-refractivity contribution in [3.8, 4) is 0 Å². The number of aliphatic carboxylic acids is 1. The van der Waals surface area contributed by atoms with Crippen LogP contribution in [-0.4, -0.2) is 72.1 Å². The van der Waals surface area contributed by atoms with E-state index in [4.69, 9.17) is 29.6 Å². The van der Waals surface area contributed by atoms with Crippen molar-refractivity contribution >= 4 is 25.7 Å². The number of phosphoric acid groups is 1. The quantitative estimate of drug-likeness (QED) is 0.0175. The van der Waals surface area contributed by atoms with Gasteiger partial charge < -0.3 is 29.9 Å². The third-order valence-electron chi connectivity index (χ3n) is 9.56. The van der Waals surface area contributed by atoms with Crippen LogP contribution in [0.2, 0.25) is 0 Å². The molecule has 5 unspecified atom stereocenters. The maximum atomic E-state index is 12.6. The molecule has 0 aromatic rings. The van der Waals surface area contributed by atoms with Gasteiger partial charge in [0.25, 0.3) is 0 Å². The summed E-state index contributed by atoms with van der Waals surface area (Å²) in [4.78, 5) is 45.9. The van der Waals surface area contributed by atoms with Crippen LogP contribution in [0.25, 0.3) is 0 Å². The van der Waals surface area contributed by atoms with Gasteiger partial charge in [0.2, 0.25) is 0 Å². The smallest absolute Gasteiger partial charge is 0.472 e. The van der Waals surface area contributed by atoms with Gasteiger partial charge >= 0.3 is 25.7 Å². The molecule has 0 saturated carbocycles. The van der Waals surface area contributed by atoms with E-state index in [0.29, 0.717) is 31.5 Å². The molecule has 0 radical (unpaired) electrons. The summed E-state index contributed by atoms with van der Waals surface area (Å²) in [6, 6.07) is -1.53. The van der Waals surface area contributed by atoms with Gasteiger partial charge in [-0.25, -0.2) is 4.57 Å². The number of allylic oxidation sites excluding steroid dienone is 7. The van der Waals surface area contributed by atoms with Crippen molar-refractivity contribution in [3.05, 3.63) is 48.6 Å². The topological polar surface area (TPSA) is 184 Å². The molecule has 1 aliphatic heterocycles. The fourth-order valence-electron chi connectivity index (χ4n) is 5.99. The molecule has 1 heterocycles. The number of epoxide rings is 1. The minimum atomic E-state index is -4.73. The molecule has 13 heteroatoms. The lowest BCUT2D eigenvalue weighted by molar-refractivity contribution is -0.161. The Hall–Kier alpha value is -2.60. The molecule has 57 heavy (non-hydrogen) atoms. The average molecular weight is 826 g/mol. The molecule has 1 rings (SSSR count). The van der Waals surface area contributed by atoms with Crippen LogP contribution in [-0.2, 0) is 42.2 Å². The van der Waals surface area contributed by atoms with E-state index < -0.39 is 51.1 Å². The van der Waals surface area contributed by atoms with E-state index in [-0.39, 0.29) is 19.4 Å². The van der Waals surface area contributed by atoms with Gasteiger partial charge in [-0.1, -0.05) is 152 Å². The van der Waals surface area contributed by atoms with Crippen molar-refractivity contribution in [2.45, 2.75) is 192 Å². The number of esters is 2. The van der Waals surface area contributed by atoms with E-state index in [9.17, 15) is 23.8 Å². The van der Waals surface area contributed by atoms with Gasteiger partial charge in [0, 0.05) is 12.8 Å². The second-order valence-corrected chi connectivity index (χ2v) is 16.3. The average Bonchev–Trinajstić information content (AvgIpc) is 3.96. The standard InChI is InChI=1S/C44H76NO11P/c1-3-5-6-7-8-9-10-11-12-15-18-21-24-27-30-33-42(46)52-35-38(36-53-57(50,51)54-37-39(45)44(48)49)55-43(47)34-31-28-25-22-19-16-13-14-17-20-23-26-29-32-41-40(4-2)56-41/h13,16-17,20,22,25-26,29,38-41H,3-12,14-15,18-19,21,23-24,27-28,30-37,45H2,1-2H3,(H,48,49)(H,50,51)/b16-13-,20-17-,25-22-,29-26-. The van der Waals surface area contributed by atoms with Gasteiger partial charge in [0.15, 0.2) is 6.10 Å². The maximum Gasteiger partial charge on any atom is 0.472 e. The van der Waals surface area contributed by atoms with Crippen LogP contribution in [0.5, 0.6) is 0 Å². The number of ether oxygens (including phenoxy) is 3. The highest BCUT2D eigenvalue weighted by molar-refractivity contribution is 7.47. The number of phosphoric ester groups is 1. The van der Waals surface area contributed by atoms with E-state index in [0.717, 1.165) is 51.4 Å². The van der Waals surface area contributed by atoms with Crippen molar-refractivity contribution in [1.29, 1.82) is 0 Å².